The minimum atomic E-state index is -1.04. The Kier molecular flexibility index (Phi) is 7.70. The fourth-order valence-electron chi connectivity index (χ4n) is 4.83. The Balaban J connectivity index is 1.24. The van der Waals surface area contributed by atoms with Gasteiger partial charge in [-0.2, -0.15) is 0 Å². The summed E-state index contributed by atoms with van der Waals surface area (Å²) in [5.74, 6) is -2.02. The molecule has 2 aliphatic rings. The number of carboxylic acids is 1. The second-order valence-electron chi connectivity index (χ2n) is 9.30. The molecule has 1 heterocycles. The molecule has 0 bridgehead atoms. The third-order valence-corrected chi connectivity index (χ3v) is 7.05. The zero-order valence-corrected chi connectivity index (χ0v) is 20.0. The highest BCUT2D eigenvalue weighted by molar-refractivity contribution is 5.85. The van der Waals surface area contributed by atoms with Crippen molar-refractivity contribution >= 4 is 18.0 Å². The van der Waals surface area contributed by atoms with Crippen LogP contribution in [0.5, 0.6) is 0 Å². The maximum Gasteiger partial charge on any atom is 0.407 e. The van der Waals surface area contributed by atoms with Crippen molar-refractivity contribution in [1.29, 1.82) is 0 Å². The van der Waals surface area contributed by atoms with E-state index in [9.17, 15) is 19.5 Å². The average molecular weight is 481 g/mol. The number of carbonyl (C=O) groups excluding carboxylic acids is 2. The van der Waals surface area contributed by atoms with E-state index in [0.29, 0.717) is 12.8 Å². The first-order valence-electron chi connectivity index (χ1n) is 12.1. The summed E-state index contributed by atoms with van der Waals surface area (Å²) >= 11 is 0. The van der Waals surface area contributed by atoms with E-state index in [1.807, 2.05) is 31.2 Å². The molecule has 1 fully saturated rings. The zero-order valence-electron chi connectivity index (χ0n) is 20.0. The highest BCUT2D eigenvalue weighted by Gasteiger charge is 2.35. The molecule has 2 aromatic rings. The van der Waals surface area contributed by atoms with E-state index < -0.39 is 24.0 Å². The Hall–Kier alpha value is -3.39. The second-order valence-corrected chi connectivity index (χ2v) is 9.30. The number of hydrogen-bond donors (Lipinski definition) is 3. The number of carbonyl (C=O) groups is 3. The molecule has 8 heteroatoms. The van der Waals surface area contributed by atoms with Gasteiger partial charge in [0.05, 0.1) is 18.6 Å². The molecule has 2 aromatic carbocycles. The number of amides is 2. The van der Waals surface area contributed by atoms with Crippen LogP contribution in [0.3, 0.4) is 0 Å². The van der Waals surface area contributed by atoms with E-state index >= 15 is 0 Å². The summed E-state index contributed by atoms with van der Waals surface area (Å²) in [6.07, 6.45) is 0.178. The summed E-state index contributed by atoms with van der Waals surface area (Å²) in [5, 5.41) is 14.8. The molecule has 2 amide bonds. The summed E-state index contributed by atoms with van der Waals surface area (Å²) in [5.41, 5.74) is 4.62. The Morgan fingerprint density at radius 2 is 1.71 bits per heavy atom. The number of nitrogens with one attached hydrogen (secondary N) is 2. The van der Waals surface area contributed by atoms with Crippen LogP contribution in [0.4, 0.5) is 4.79 Å². The van der Waals surface area contributed by atoms with Gasteiger partial charge in [0.15, 0.2) is 0 Å². The van der Waals surface area contributed by atoms with Gasteiger partial charge < -0.3 is 25.2 Å². The van der Waals surface area contributed by atoms with Crippen molar-refractivity contribution in [2.45, 2.75) is 44.8 Å². The predicted molar refractivity (Wildman–Crippen MR) is 130 cm³/mol. The number of carboxylic acid groups (broad SMARTS) is 1. The van der Waals surface area contributed by atoms with Crippen LogP contribution in [0.2, 0.25) is 0 Å². The quantitative estimate of drug-likeness (QED) is 0.506. The summed E-state index contributed by atoms with van der Waals surface area (Å²) < 4.78 is 11.2. The third kappa shape index (κ3) is 5.48. The number of rotatable bonds is 9. The van der Waals surface area contributed by atoms with Crippen LogP contribution in [-0.4, -0.2) is 55.0 Å². The van der Waals surface area contributed by atoms with Gasteiger partial charge in [-0.1, -0.05) is 68.8 Å². The molecule has 0 saturated carbocycles. The third-order valence-electron chi connectivity index (χ3n) is 7.05. The van der Waals surface area contributed by atoms with Crippen LogP contribution >= 0.6 is 0 Å². The lowest BCUT2D eigenvalue weighted by molar-refractivity contribution is -0.144. The number of aliphatic carboxylic acids is 1. The number of ether oxygens (including phenoxy) is 2. The van der Waals surface area contributed by atoms with Gasteiger partial charge in [0.2, 0.25) is 5.91 Å². The van der Waals surface area contributed by atoms with Gasteiger partial charge in [-0.15, -0.1) is 0 Å². The Morgan fingerprint density at radius 1 is 1.09 bits per heavy atom. The van der Waals surface area contributed by atoms with Gasteiger partial charge >= 0.3 is 12.1 Å². The molecule has 3 N–H and O–H groups in total. The Morgan fingerprint density at radius 3 is 2.31 bits per heavy atom. The smallest absolute Gasteiger partial charge is 0.407 e. The number of alkyl carbamates (subject to hydrolysis) is 1. The van der Waals surface area contributed by atoms with Crippen molar-refractivity contribution in [3.63, 3.8) is 0 Å². The SMILES string of the molecule is CC[C@H](C)[C@H](NC(=O)[C@@H]1CO[C@H](CNC(=O)OCC2c3ccccc3-c3ccccc32)C1)C(=O)O. The van der Waals surface area contributed by atoms with E-state index in [4.69, 9.17) is 9.47 Å². The highest BCUT2D eigenvalue weighted by atomic mass is 16.5. The molecule has 186 valence electrons. The van der Waals surface area contributed by atoms with Crippen LogP contribution in [-0.2, 0) is 19.1 Å². The van der Waals surface area contributed by atoms with Crippen molar-refractivity contribution in [2.24, 2.45) is 11.8 Å². The van der Waals surface area contributed by atoms with Crippen LogP contribution < -0.4 is 10.6 Å². The van der Waals surface area contributed by atoms with Crippen LogP contribution in [0, 0.1) is 11.8 Å². The average Bonchev–Trinajstić information content (AvgIpc) is 3.47. The molecule has 1 aliphatic heterocycles. The maximum atomic E-state index is 12.5. The van der Waals surface area contributed by atoms with E-state index in [2.05, 4.69) is 34.9 Å². The standard InChI is InChI=1S/C27H32N2O6/c1-3-16(2)24(26(31)32)29-25(30)17-12-18(34-14-17)13-28-27(33)35-15-23-21-10-6-4-8-19(21)20-9-5-7-11-22(20)23/h4-11,16-18,23-24H,3,12-15H2,1-2H3,(H,28,33)(H,29,30)(H,31,32)/t16-,17-,18-,24-/m0/s1. The first kappa shape index (κ1) is 24.7. The van der Waals surface area contributed by atoms with Crippen LogP contribution in [0.25, 0.3) is 11.1 Å². The van der Waals surface area contributed by atoms with Gasteiger partial charge in [-0.3, -0.25) is 4.79 Å². The first-order valence-corrected chi connectivity index (χ1v) is 12.1. The van der Waals surface area contributed by atoms with Crippen molar-refractivity contribution in [3.8, 4) is 11.1 Å². The first-order chi connectivity index (χ1) is 16.9. The number of hydrogen-bond acceptors (Lipinski definition) is 5. The van der Waals surface area contributed by atoms with Crippen LogP contribution in [0.15, 0.2) is 48.5 Å². The van der Waals surface area contributed by atoms with Crippen molar-refractivity contribution in [2.75, 3.05) is 19.8 Å². The minimum Gasteiger partial charge on any atom is -0.480 e. The molecular formula is C27H32N2O6. The number of fused-ring (bicyclic) bond motifs is 3. The van der Waals surface area contributed by atoms with Gasteiger partial charge in [0, 0.05) is 12.5 Å². The van der Waals surface area contributed by atoms with Gasteiger partial charge in [0.25, 0.3) is 0 Å². The van der Waals surface area contributed by atoms with Crippen molar-refractivity contribution < 1.29 is 29.0 Å². The molecule has 1 aliphatic carbocycles. The summed E-state index contributed by atoms with van der Waals surface area (Å²) in [6.45, 7) is 4.31. The fourth-order valence-corrected chi connectivity index (χ4v) is 4.83. The summed E-state index contributed by atoms with van der Waals surface area (Å²) in [6, 6.07) is 15.4. The Labute approximate surface area is 205 Å². The lowest BCUT2D eigenvalue weighted by atomic mass is 9.97. The lowest BCUT2D eigenvalue weighted by Gasteiger charge is -2.21. The van der Waals surface area contributed by atoms with E-state index in [-0.39, 0.29) is 43.6 Å². The Bertz CT molecular complexity index is 1040. The predicted octanol–water partition coefficient (Wildman–Crippen LogP) is 3.55. The van der Waals surface area contributed by atoms with Crippen molar-refractivity contribution in [1.82, 2.24) is 10.6 Å². The monoisotopic (exact) mass is 480 g/mol. The largest absolute Gasteiger partial charge is 0.480 e. The molecule has 0 unspecified atom stereocenters. The fraction of sp³-hybridized carbons (Fsp3) is 0.444. The molecule has 0 spiro atoms. The molecule has 4 atom stereocenters. The minimum absolute atomic E-state index is 0.0170. The molecular weight excluding hydrogens is 448 g/mol. The van der Waals surface area contributed by atoms with E-state index in [1.54, 1.807) is 6.92 Å². The molecule has 4 rings (SSSR count). The number of benzene rings is 2. The second kappa shape index (κ2) is 10.9. The highest BCUT2D eigenvalue weighted by Crippen LogP contribution is 2.44. The van der Waals surface area contributed by atoms with Gasteiger partial charge in [-0.25, -0.2) is 9.59 Å². The van der Waals surface area contributed by atoms with Crippen molar-refractivity contribution in [3.05, 3.63) is 59.7 Å². The van der Waals surface area contributed by atoms with Gasteiger partial charge in [-0.05, 0) is 34.6 Å². The lowest BCUT2D eigenvalue weighted by Crippen LogP contribution is -2.47. The molecule has 0 radical (unpaired) electrons. The molecule has 1 saturated heterocycles. The summed E-state index contributed by atoms with van der Waals surface area (Å²) in [4.78, 5) is 36.4. The summed E-state index contributed by atoms with van der Waals surface area (Å²) in [7, 11) is 0. The van der Waals surface area contributed by atoms with E-state index in [1.165, 1.54) is 11.1 Å². The molecule has 0 aromatic heterocycles. The van der Waals surface area contributed by atoms with Crippen LogP contribution in [0.1, 0.15) is 43.7 Å². The molecule has 35 heavy (non-hydrogen) atoms. The normalized spacial score (nSPS) is 20.4. The molecule has 8 nitrogen and oxygen atoms in total. The zero-order chi connectivity index (χ0) is 24.9. The topological polar surface area (TPSA) is 114 Å². The van der Waals surface area contributed by atoms with Gasteiger partial charge in [0.1, 0.15) is 12.6 Å². The maximum absolute atomic E-state index is 12.5. The van der Waals surface area contributed by atoms with E-state index in [0.717, 1.165) is 11.1 Å².